The van der Waals surface area contributed by atoms with Gasteiger partial charge < -0.3 is 21.7 Å². The van der Waals surface area contributed by atoms with Gasteiger partial charge in [0, 0.05) is 13.1 Å². The highest BCUT2D eigenvalue weighted by atomic mass is 35.5. The lowest BCUT2D eigenvalue weighted by Gasteiger charge is -2.31. The molecular formula is C21H29ClN4O2. The Morgan fingerprint density at radius 2 is 1.79 bits per heavy atom. The highest BCUT2D eigenvalue weighted by Gasteiger charge is 2.43. The maximum absolute atomic E-state index is 13.1. The molecule has 0 bridgehead atoms. The molecule has 1 fully saturated rings. The van der Waals surface area contributed by atoms with Gasteiger partial charge in [0.25, 0.3) is 0 Å². The predicted molar refractivity (Wildman–Crippen MR) is 115 cm³/mol. The molecular weight excluding hydrogens is 376 g/mol. The molecule has 1 aliphatic carbocycles. The molecule has 0 saturated heterocycles. The van der Waals surface area contributed by atoms with Gasteiger partial charge in [0.15, 0.2) is 0 Å². The second-order valence-electron chi connectivity index (χ2n) is 7.14. The zero-order valence-corrected chi connectivity index (χ0v) is 17.0. The highest BCUT2D eigenvalue weighted by Crippen LogP contribution is 2.31. The quantitative estimate of drug-likeness (QED) is 0.595. The minimum absolute atomic E-state index is 0. The monoisotopic (exact) mass is 404 g/mol. The number of carbonyl (C=O) groups excluding carboxylic acids is 2. The fraction of sp³-hybridized carbons (Fsp3) is 0.429. The minimum Gasteiger partial charge on any atom is -0.346 e. The van der Waals surface area contributed by atoms with Gasteiger partial charge in [-0.15, -0.1) is 12.4 Å². The van der Waals surface area contributed by atoms with Crippen molar-refractivity contribution in [3.8, 4) is 0 Å². The number of halogens is 1. The number of nitrogens with one attached hydrogen (secondary N) is 3. The van der Waals surface area contributed by atoms with Gasteiger partial charge >= 0.3 is 6.03 Å². The summed E-state index contributed by atoms with van der Waals surface area (Å²) in [5.74, 6) is -0.158. The molecule has 2 aromatic rings. The Hall–Kier alpha value is -2.31. The van der Waals surface area contributed by atoms with Gasteiger partial charge in [0.1, 0.15) is 5.54 Å². The first-order chi connectivity index (χ1) is 13.1. The van der Waals surface area contributed by atoms with E-state index in [4.69, 9.17) is 5.73 Å². The fourth-order valence-corrected chi connectivity index (χ4v) is 3.81. The molecule has 0 aromatic heterocycles. The normalized spacial score (nSPS) is 16.1. The summed E-state index contributed by atoms with van der Waals surface area (Å²) in [6, 6.07) is 13.6. The van der Waals surface area contributed by atoms with Crippen molar-refractivity contribution in [3.63, 3.8) is 0 Å². The van der Waals surface area contributed by atoms with E-state index in [2.05, 4.69) is 28.1 Å². The van der Waals surface area contributed by atoms with E-state index in [1.807, 2.05) is 37.3 Å². The predicted octanol–water partition coefficient (Wildman–Crippen LogP) is 3.01. The molecule has 3 rings (SSSR count). The van der Waals surface area contributed by atoms with E-state index in [-0.39, 0.29) is 30.4 Å². The highest BCUT2D eigenvalue weighted by molar-refractivity contribution is 5.92. The molecule has 0 radical (unpaired) electrons. The van der Waals surface area contributed by atoms with Crippen LogP contribution in [0.2, 0.25) is 0 Å². The molecule has 1 unspecified atom stereocenters. The van der Waals surface area contributed by atoms with Crippen molar-refractivity contribution in [1.29, 1.82) is 0 Å². The smallest absolute Gasteiger partial charge is 0.315 e. The van der Waals surface area contributed by atoms with E-state index in [0.717, 1.165) is 29.2 Å². The number of hydrogen-bond acceptors (Lipinski definition) is 3. The lowest BCUT2D eigenvalue weighted by molar-refractivity contribution is -0.127. The molecule has 6 nitrogen and oxygen atoms in total. The van der Waals surface area contributed by atoms with Gasteiger partial charge in [0.05, 0.1) is 6.04 Å². The molecule has 1 saturated carbocycles. The summed E-state index contributed by atoms with van der Waals surface area (Å²) in [4.78, 5) is 25.2. The van der Waals surface area contributed by atoms with Gasteiger partial charge in [-0.3, -0.25) is 4.79 Å². The first-order valence-corrected chi connectivity index (χ1v) is 9.64. The van der Waals surface area contributed by atoms with E-state index < -0.39 is 5.54 Å². The van der Waals surface area contributed by atoms with Crippen molar-refractivity contribution in [2.24, 2.45) is 5.73 Å². The summed E-state index contributed by atoms with van der Waals surface area (Å²) < 4.78 is 0. The largest absolute Gasteiger partial charge is 0.346 e. The van der Waals surface area contributed by atoms with Crippen LogP contribution in [0.15, 0.2) is 42.5 Å². The number of carbonyl (C=O) groups is 2. The van der Waals surface area contributed by atoms with E-state index >= 15 is 0 Å². The molecule has 0 spiro atoms. The number of benzene rings is 2. The third-order valence-corrected chi connectivity index (χ3v) is 5.30. The lowest BCUT2D eigenvalue weighted by Crippen LogP contribution is -2.60. The van der Waals surface area contributed by atoms with Gasteiger partial charge in [-0.25, -0.2) is 4.79 Å². The zero-order chi connectivity index (χ0) is 19.3. The average molecular weight is 405 g/mol. The van der Waals surface area contributed by atoms with Crippen LogP contribution in [0.3, 0.4) is 0 Å². The van der Waals surface area contributed by atoms with E-state index in [0.29, 0.717) is 25.9 Å². The number of amides is 3. The Bertz CT molecular complexity index is 821. The van der Waals surface area contributed by atoms with Gasteiger partial charge in [-0.05, 0) is 42.2 Å². The van der Waals surface area contributed by atoms with Crippen LogP contribution in [-0.2, 0) is 4.79 Å². The lowest BCUT2D eigenvalue weighted by atomic mass is 9.94. The van der Waals surface area contributed by atoms with E-state index in [1.54, 1.807) is 0 Å². The standard InChI is InChI=1S/C21H28N4O2.ClH/c1-2-23-20(27)25-21(11-5-6-12-21)19(26)24-18(14-22)17-10-9-15-7-3-4-8-16(15)13-17;/h3-4,7-10,13,18H,2,5-6,11-12,14,22H2,1H3,(H,24,26)(H2,23,25,27);1H. The Morgan fingerprint density at radius 3 is 2.43 bits per heavy atom. The second-order valence-corrected chi connectivity index (χ2v) is 7.14. The summed E-state index contributed by atoms with van der Waals surface area (Å²) in [6.45, 7) is 2.67. The molecule has 2 aromatic carbocycles. The molecule has 28 heavy (non-hydrogen) atoms. The molecule has 1 atom stereocenters. The second kappa shape index (κ2) is 9.75. The van der Waals surface area contributed by atoms with Crippen LogP contribution in [0, 0.1) is 0 Å². The minimum atomic E-state index is -0.858. The number of nitrogens with two attached hydrogens (primary N) is 1. The Morgan fingerprint density at radius 1 is 1.11 bits per heavy atom. The van der Waals surface area contributed by atoms with Crippen LogP contribution in [0.5, 0.6) is 0 Å². The molecule has 5 N–H and O–H groups in total. The summed E-state index contributed by atoms with van der Waals surface area (Å²) in [5.41, 5.74) is 6.08. The molecule has 0 aliphatic heterocycles. The van der Waals surface area contributed by atoms with Crippen molar-refractivity contribution in [2.45, 2.75) is 44.2 Å². The fourth-order valence-electron chi connectivity index (χ4n) is 3.81. The van der Waals surface area contributed by atoms with E-state index in [9.17, 15) is 9.59 Å². The van der Waals surface area contributed by atoms with Crippen molar-refractivity contribution in [2.75, 3.05) is 13.1 Å². The van der Waals surface area contributed by atoms with Crippen LogP contribution in [-0.4, -0.2) is 30.6 Å². The van der Waals surface area contributed by atoms with Crippen LogP contribution < -0.4 is 21.7 Å². The third kappa shape index (κ3) is 4.75. The average Bonchev–Trinajstić information content (AvgIpc) is 3.15. The van der Waals surface area contributed by atoms with Crippen molar-refractivity contribution in [3.05, 3.63) is 48.0 Å². The number of rotatable bonds is 6. The van der Waals surface area contributed by atoms with Crippen LogP contribution in [0.25, 0.3) is 10.8 Å². The third-order valence-electron chi connectivity index (χ3n) is 5.30. The summed E-state index contributed by atoms with van der Waals surface area (Å²) in [7, 11) is 0. The SMILES string of the molecule is CCNC(=O)NC1(C(=O)NC(CN)c2ccc3ccccc3c2)CCCC1.Cl. The maximum Gasteiger partial charge on any atom is 0.315 e. The topological polar surface area (TPSA) is 96.2 Å². The van der Waals surface area contributed by atoms with E-state index in [1.165, 1.54) is 0 Å². The van der Waals surface area contributed by atoms with Crippen LogP contribution in [0.1, 0.15) is 44.2 Å². The van der Waals surface area contributed by atoms with Crippen molar-refractivity contribution in [1.82, 2.24) is 16.0 Å². The molecule has 1 aliphatic rings. The first kappa shape index (κ1) is 22.0. The number of hydrogen-bond donors (Lipinski definition) is 4. The van der Waals surface area contributed by atoms with Crippen molar-refractivity contribution < 1.29 is 9.59 Å². The van der Waals surface area contributed by atoms with Crippen molar-refractivity contribution >= 4 is 35.1 Å². The Balaban J connectivity index is 0.00000280. The summed E-state index contributed by atoms with van der Waals surface area (Å²) in [5, 5.41) is 10.9. The summed E-state index contributed by atoms with van der Waals surface area (Å²) in [6.07, 6.45) is 3.13. The molecule has 152 valence electrons. The first-order valence-electron chi connectivity index (χ1n) is 9.64. The molecule has 0 heterocycles. The number of fused-ring (bicyclic) bond motifs is 1. The van der Waals surface area contributed by atoms with Crippen LogP contribution in [0.4, 0.5) is 4.79 Å². The maximum atomic E-state index is 13.1. The van der Waals surface area contributed by atoms with Crippen LogP contribution >= 0.6 is 12.4 Å². The van der Waals surface area contributed by atoms with Gasteiger partial charge in [0.2, 0.25) is 5.91 Å². The molecule has 3 amide bonds. The number of urea groups is 1. The Kier molecular flexibility index (Phi) is 7.66. The van der Waals surface area contributed by atoms with Gasteiger partial charge in [-0.2, -0.15) is 0 Å². The van der Waals surface area contributed by atoms with Gasteiger partial charge in [-0.1, -0.05) is 49.2 Å². The molecule has 7 heteroatoms. The zero-order valence-electron chi connectivity index (χ0n) is 16.2. The summed E-state index contributed by atoms with van der Waals surface area (Å²) >= 11 is 0. The Labute approximate surface area is 172 Å².